The summed E-state index contributed by atoms with van der Waals surface area (Å²) in [6, 6.07) is 5.99. The van der Waals surface area contributed by atoms with E-state index in [1.807, 2.05) is 11.7 Å². The van der Waals surface area contributed by atoms with Gasteiger partial charge in [0, 0.05) is 13.7 Å². The van der Waals surface area contributed by atoms with Crippen LogP contribution >= 0.6 is 7.66 Å². The van der Waals surface area contributed by atoms with Gasteiger partial charge in [-0.05, 0) is 31.3 Å². The summed E-state index contributed by atoms with van der Waals surface area (Å²) < 4.78 is 30.2. The van der Waals surface area contributed by atoms with Gasteiger partial charge in [0.2, 0.25) is 0 Å². The van der Waals surface area contributed by atoms with E-state index in [1.54, 1.807) is 19.2 Å². The normalized spacial score (nSPS) is 25.9. The Morgan fingerprint density at radius 3 is 2.62 bits per heavy atom. The van der Waals surface area contributed by atoms with E-state index in [-0.39, 0.29) is 5.82 Å². The average molecular weight is 244 g/mol. The third-order valence-corrected chi connectivity index (χ3v) is 4.95. The van der Waals surface area contributed by atoms with Gasteiger partial charge in [0.1, 0.15) is 5.82 Å². The number of halogens is 1. The van der Waals surface area contributed by atoms with Crippen molar-refractivity contribution in [2.24, 2.45) is 4.74 Å². The van der Waals surface area contributed by atoms with Crippen LogP contribution in [0.3, 0.4) is 0 Å². The van der Waals surface area contributed by atoms with Crippen LogP contribution in [0.4, 0.5) is 10.1 Å². The Bertz CT molecular complexity index is 421. The van der Waals surface area contributed by atoms with Crippen molar-refractivity contribution in [2.45, 2.75) is 0 Å². The average Bonchev–Trinajstić information content (AvgIpc) is 2.64. The fourth-order valence-corrected chi connectivity index (χ4v) is 3.46. The van der Waals surface area contributed by atoms with Crippen molar-refractivity contribution in [2.75, 3.05) is 27.3 Å². The quantitative estimate of drug-likeness (QED) is 0.750. The molecule has 0 aromatic heterocycles. The Balaban J connectivity index is 2.37. The van der Waals surface area contributed by atoms with Crippen LogP contribution in [0, 0.1) is 5.82 Å². The van der Waals surface area contributed by atoms with E-state index in [4.69, 9.17) is 9.05 Å². The smallest absolute Gasteiger partial charge is 0.294 e. The van der Waals surface area contributed by atoms with Gasteiger partial charge >= 0.3 is 0 Å². The summed E-state index contributed by atoms with van der Waals surface area (Å²) in [7, 11) is 1.18. The molecule has 4 nitrogen and oxygen atoms in total. The molecule has 1 aliphatic heterocycles. The topological polar surface area (TPSA) is 34.1 Å². The van der Waals surface area contributed by atoms with E-state index in [0.29, 0.717) is 12.3 Å². The van der Waals surface area contributed by atoms with Crippen molar-refractivity contribution >= 4 is 13.3 Å². The molecule has 0 saturated carbocycles. The zero-order valence-corrected chi connectivity index (χ0v) is 10.2. The molecule has 0 bridgehead atoms. The Morgan fingerprint density at radius 1 is 1.44 bits per heavy atom. The lowest BCUT2D eigenvalue weighted by atomic mass is 10.3. The zero-order chi connectivity index (χ0) is 11.6. The third kappa shape index (κ3) is 2.18. The molecule has 1 atom stereocenters. The summed E-state index contributed by atoms with van der Waals surface area (Å²) in [6.07, 6.45) is 0. The maximum atomic E-state index is 12.7. The van der Waals surface area contributed by atoms with Gasteiger partial charge in [0.15, 0.2) is 0 Å². The summed E-state index contributed by atoms with van der Waals surface area (Å²) >= 11 is 0. The molecule has 6 heteroatoms. The van der Waals surface area contributed by atoms with Crippen LogP contribution in [0.25, 0.3) is 0 Å². The Hall–Kier alpha value is -0.740. The van der Waals surface area contributed by atoms with Crippen molar-refractivity contribution in [3.63, 3.8) is 0 Å². The lowest BCUT2D eigenvalue weighted by molar-refractivity contribution is 0.306. The maximum absolute atomic E-state index is 12.7. The molecule has 0 N–H and O–H groups in total. The summed E-state index contributed by atoms with van der Waals surface area (Å²) in [5.74, 6) is -0.274. The minimum absolute atomic E-state index is 0.274. The molecule has 16 heavy (non-hydrogen) atoms. The van der Waals surface area contributed by atoms with Gasteiger partial charge in [-0.1, -0.05) is 0 Å². The van der Waals surface area contributed by atoms with Crippen LogP contribution in [-0.4, -0.2) is 32.0 Å². The molecule has 1 fully saturated rings. The predicted molar refractivity (Wildman–Crippen MR) is 61.0 cm³/mol. The molecule has 1 saturated heterocycles. The van der Waals surface area contributed by atoms with Crippen molar-refractivity contribution in [1.29, 1.82) is 0 Å². The molecule has 0 amide bonds. The molecule has 0 aliphatic carbocycles. The lowest BCUT2D eigenvalue weighted by Crippen LogP contribution is -2.09. The van der Waals surface area contributed by atoms with Crippen LogP contribution in [0.2, 0.25) is 0 Å². The number of hydrogen-bond acceptors (Lipinski definition) is 3. The highest BCUT2D eigenvalue weighted by Crippen LogP contribution is 2.58. The minimum atomic E-state index is -2.32. The monoisotopic (exact) mass is 244 g/mol. The van der Waals surface area contributed by atoms with E-state index < -0.39 is 7.66 Å². The second-order valence-electron chi connectivity index (χ2n) is 3.46. The van der Waals surface area contributed by atoms with E-state index in [9.17, 15) is 4.39 Å². The standard InChI is InChI=1S/C10H14FN2O2P/c1-13-7-8-15-16(13,14-2)12-10-5-3-9(11)4-6-10/h3-6H,7-8H2,1-2H3. The number of nitrogens with zero attached hydrogens (tertiary/aromatic N) is 2. The number of rotatable bonds is 2. The highest BCUT2D eigenvalue weighted by Gasteiger charge is 2.32. The molecule has 1 aromatic carbocycles. The summed E-state index contributed by atoms with van der Waals surface area (Å²) in [6.45, 7) is 1.41. The molecule has 0 radical (unpaired) electrons. The van der Waals surface area contributed by atoms with Crippen LogP contribution in [0.15, 0.2) is 29.0 Å². The van der Waals surface area contributed by atoms with Crippen LogP contribution in [0.5, 0.6) is 0 Å². The molecule has 1 heterocycles. The highest BCUT2D eigenvalue weighted by atomic mass is 31.2. The third-order valence-electron chi connectivity index (χ3n) is 2.41. The molecule has 88 valence electrons. The van der Waals surface area contributed by atoms with E-state index >= 15 is 0 Å². The van der Waals surface area contributed by atoms with Crippen LogP contribution < -0.4 is 0 Å². The SMILES string of the molecule is COP1(=Nc2ccc(F)cc2)OCCN1C. The number of likely N-dealkylation sites (N-methyl/N-ethyl adjacent to an activating group) is 1. The molecule has 1 aliphatic rings. The van der Waals surface area contributed by atoms with E-state index in [0.717, 1.165) is 6.54 Å². The molecule has 1 unspecified atom stereocenters. The first-order valence-corrected chi connectivity index (χ1v) is 6.49. The van der Waals surface area contributed by atoms with Gasteiger partial charge in [-0.3, -0.25) is 0 Å². The highest BCUT2D eigenvalue weighted by molar-refractivity contribution is 7.54. The Morgan fingerprint density at radius 2 is 2.12 bits per heavy atom. The first-order valence-electron chi connectivity index (χ1n) is 4.96. The van der Waals surface area contributed by atoms with Crippen molar-refractivity contribution in [3.05, 3.63) is 30.1 Å². The second-order valence-corrected chi connectivity index (χ2v) is 5.95. The van der Waals surface area contributed by atoms with Gasteiger partial charge < -0.3 is 9.05 Å². The van der Waals surface area contributed by atoms with Gasteiger partial charge in [0.05, 0.1) is 12.3 Å². The molecule has 1 aromatic rings. The summed E-state index contributed by atoms with van der Waals surface area (Å²) in [5, 5.41) is 0. The second kappa shape index (κ2) is 4.63. The summed E-state index contributed by atoms with van der Waals surface area (Å²) in [4.78, 5) is 0. The van der Waals surface area contributed by atoms with E-state index in [2.05, 4.69) is 4.74 Å². The summed E-state index contributed by atoms with van der Waals surface area (Å²) in [5.41, 5.74) is 0.672. The predicted octanol–water partition coefficient (Wildman–Crippen LogP) is 3.01. The number of hydrogen-bond donors (Lipinski definition) is 0. The molecular weight excluding hydrogens is 230 g/mol. The maximum Gasteiger partial charge on any atom is 0.294 e. The van der Waals surface area contributed by atoms with Gasteiger partial charge in [-0.25, -0.2) is 13.8 Å². The number of benzene rings is 1. The molecule has 0 spiro atoms. The fraction of sp³-hybridized carbons (Fsp3) is 0.400. The first kappa shape index (κ1) is 11.7. The van der Waals surface area contributed by atoms with Gasteiger partial charge in [-0.2, -0.15) is 0 Å². The van der Waals surface area contributed by atoms with Gasteiger partial charge in [0.25, 0.3) is 7.66 Å². The van der Waals surface area contributed by atoms with Crippen LogP contribution in [0.1, 0.15) is 0 Å². The minimum Gasteiger partial charge on any atom is -0.315 e. The molecular formula is C10H14FN2O2P. The van der Waals surface area contributed by atoms with E-state index in [1.165, 1.54) is 12.1 Å². The lowest BCUT2D eigenvalue weighted by Gasteiger charge is -2.21. The van der Waals surface area contributed by atoms with Crippen LogP contribution in [-0.2, 0) is 9.05 Å². The zero-order valence-electron chi connectivity index (χ0n) is 9.26. The van der Waals surface area contributed by atoms with Crippen molar-refractivity contribution in [1.82, 2.24) is 4.67 Å². The van der Waals surface area contributed by atoms with Gasteiger partial charge in [-0.15, -0.1) is 0 Å². The first-order chi connectivity index (χ1) is 7.66. The van der Waals surface area contributed by atoms with Crippen molar-refractivity contribution in [3.8, 4) is 0 Å². The fourth-order valence-electron chi connectivity index (χ4n) is 1.51. The Kier molecular flexibility index (Phi) is 3.40. The largest absolute Gasteiger partial charge is 0.315 e. The Labute approximate surface area is 94.3 Å². The molecule has 2 rings (SSSR count). The van der Waals surface area contributed by atoms with Crippen molar-refractivity contribution < 1.29 is 13.4 Å².